The first-order valence-electron chi connectivity index (χ1n) is 6.86. The lowest BCUT2D eigenvalue weighted by molar-refractivity contribution is -0.126. The Kier molecular flexibility index (Phi) is 4.58. The number of rotatable bonds is 4. The Balaban J connectivity index is 2.39. The molecule has 2 amide bonds. The molecule has 2 rings (SSSR count). The quantitative estimate of drug-likeness (QED) is 0.891. The standard InChI is InChI=1S/C15H20N2O3S/c1-10(21-9-8-18)13(19)17-12-7-5-4-6-11(12)16-14(20)15(17,2)3/h4-7,10,18H,8-9H2,1-3H3,(H,16,20). The number of benzene rings is 1. The van der Waals surface area contributed by atoms with Crippen LogP contribution in [0.15, 0.2) is 24.3 Å². The number of aliphatic hydroxyl groups is 1. The molecular formula is C15H20N2O3S. The molecule has 1 atom stereocenters. The second kappa shape index (κ2) is 6.07. The molecule has 114 valence electrons. The maximum atomic E-state index is 12.8. The van der Waals surface area contributed by atoms with E-state index in [1.807, 2.05) is 18.2 Å². The van der Waals surface area contributed by atoms with Gasteiger partial charge >= 0.3 is 0 Å². The fourth-order valence-corrected chi connectivity index (χ4v) is 3.04. The van der Waals surface area contributed by atoms with Crippen LogP contribution >= 0.6 is 11.8 Å². The average Bonchev–Trinajstić information content (AvgIpc) is 2.45. The van der Waals surface area contributed by atoms with E-state index in [4.69, 9.17) is 5.11 Å². The smallest absolute Gasteiger partial charge is 0.250 e. The number of hydrogen-bond donors (Lipinski definition) is 2. The van der Waals surface area contributed by atoms with E-state index in [0.717, 1.165) is 0 Å². The van der Waals surface area contributed by atoms with E-state index in [1.54, 1.807) is 31.7 Å². The Hall–Kier alpha value is -1.53. The Labute approximate surface area is 128 Å². The van der Waals surface area contributed by atoms with Gasteiger partial charge in [-0.15, -0.1) is 11.8 Å². The monoisotopic (exact) mass is 308 g/mol. The molecule has 0 aromatic heterocycles. The molecule has 1 unspecified atom stereocenters. The third-order valence-corrected chi connectivity index (χ3v) is 4.66. The van der Waals surface area contributed by atoms with Crippen LogP contribution < -0.4 is 10.2 Å². The van der Waals surface area contributed by atoms with Gasteiger partial charge < -0.3 is 10.4 Å². The lowest BCUT2D eigenvalue weighted by atomic mass is 9.96. The highest BCUT2D eigenvalue weighted by Gasteiger charge is 2.44. The van der Waals surface area contributed by atoms with Crippen molar-refractivity contribution < 1.29 is 14.7 Å². The number of carbonyl (C=O) groups is 2. The van der Waals surface area contributed by atoms with Crippen molar-refractivity contribution in [2.75, 3.05) is 22.6 Å². The average molecular weight is 308 g/mol. The molecule has 0 spiro atoms. The van der Waals surface area contributed by atoms with Gasteiger partial charge in [0.2, 0.25) is 11.8 Å². The summed E-state index contributed by atoms with van der Waals surface area (Å²) in [6, 6.07) is 7.29. The van der Waals surface area contributed by atoms with Gasteiger partial charge in [-0.25, -0.2) is 0 Å². The van der Waals surface area contributed by atoms with Crippen molar-refractivity contribution in [3.8, 4) is 0 Å². The van der Waals surface area contributed by atoms with Crippen LogP contribution in [0.25, 0.3) is 0 Å². The molecule has 0 fully saturated rings. The molecule has 1 heterocycles. The third-order valence-electron chi connectivity index (χ3n) is 3.54. The van der Waals surface area contributed by atoms with Crippen LogP contribution in [0.1, 0.15) is 20.8 Å². The van der Waals surface area contributed by atoms with Crippen LogP contribution in [0.5, 0.6) is 0 Å². The van der Waals surface area contributed by atoms with E-state index in [0.29, 0.717) is 17.1 Å². The molecule has 0 aliphatic carbocycles. The van der Waals surface area contributed by atoms with Crippen molar-refractivity contribution in [3.05, 3.63) is 24.3 Å². The number of fused-ring (bicyclic) bond motifs is 1. The number of thioether (sulfide) groups is 1. The first kappa shape index (κ1) is 15.9. The van der Waals surface area contributed by atoms with Crippen LogP contribution in [0, 0.1) is 0 Å². The van der Waals surface area contributed by atoms with Crippen LogP contribution in [0.3, 0.4) is 0 Å². The van der Waals surface area contributed by atoms with Gasteiger partial charge in [-0.3, -0.25) is 14.5 Å². The van der Waals surface area contributed by atoms with Crippen LogP contribution in [0.2, 0.25) is 0 Å². The molecular weight excluding hydrogens is 288 g/mol. The summed E-state index contributed by atoms with van der Waals surface area (Å²) in [4.78, 5) is 26.6. The number of hydrogen-bond acceptors (Lipinski definition) is 4. The van der Waals surface area contributed by atoms with E-state index in [2.05, 4.69) is 5.32 Å². The zero-order chi connectivity index (χ0) is 15.6. The number of nitrogens with one attached hydrogen (secondary N) is 1. The molecule has 21 heavy (non-hydrogen) atoms. The molecule has 1 aliphatic heterocycles. The third kappa shape index (κ3) is 2.91. The summed E-state index contributed by atoms with van der Waals surface area (Å²) in [6.07, 6.45) is 0. The number of carbonyl (C=O) groups excluding carboxylic acids is 2. The minimum absolute atomic E-state index is 0.0305. The minimum Gasteiger partial charge on any atom is -0.396 e. The number of aliphatic hydroxyl groups excluding tert-OH is 1. The summed E-state index contributed by atoms with van der Waals surface area (Å²) in [5.74, 6) is 0.171. The normalized spacial score (nSPS) is 17.9. The lowest BCUT2D eigenvalue weighted by Crippen LogP contribution is -2.60. The minimum atomic E-state index is -0.945. The second-order valence-electron chi connectivity index (χ2n) is 5.44. The Morgan fingerprint density at radius 2 is 2.10 bits per heavy atom. The lowest BCUT2D eigenvalue weighted by Gasteiger charge is -2.43. The highest BCUT2D eigenvalue weighted by molar-refractivity contribution is 8.00. The van der Waals surface area contributed by atoms with E-state index >= 15 is 0 Å². The zero-order valence-corrected chi connectivity index (χ0v) is 13.2. The first-order chi connectivity index (χ1) is 9.89. The molecule has 5 nitrogen and oxygen atoms in total. The molecule has 0 radical (unpaired) electrons. The zero-order valence-electron chi connectivity index (χ0n) is 12.4. The largest absolute Gasteiger partial charge is 0.396 e. The van der Waals surface area contributed by atoms with Crippen molar-refractivity contribution in [1.29, 1.82) is 0 Å². The van der Waals surface area contributed by atoms with Crippen molar-refractivity contribution in [2.24, 2.45) is 0 Å². The predicted octanol–water partition coefficient (Wildman–Crippen LogP) is 1.86. The van der Waals surface area contributed by atoms with Gasteiger partial charge in [0.15, 0.2) is 0 Å². The molecule has 1 aromatic rings. The van der Waals surface area contributed by atoms with Crippen LogP contribution in [0.4, 0.5) is 11.4 Å². The fourth-order valence-electron chi connectivity index (χ4n) is 2.33. The van der Waals surface area contributed by atoms with Gasteiger partial charge in [0.1, 0.15) is 5.54 Å². The van der Waals surface area contributed by atoms with E-state index in [9.17, 15) is 9.59 Å². The summed E-state index contributed by atoms with van der Waals surface area (Å²) in [7, 11) is 0. The van der Waals surface area contributed by atoms with Gasteiger partial charge in [-0.05, 0) is 32.9 Å². The molecule has 1 aromatic carbocycles. The Morgan fingerprint density at radius 3 is 2.76 bits per heavy atom. The summed E-state index contributed by atoms with van der Waals surface area (Å²) in [5.41, 5.74) is 0.414. The first-order valence-corrected chi connectivity index (χ1v) is 7.91. The van der Waals surface area contributed by atoms with Crippen molar-refractivity contribution in [1.82, 2.24) is 0 Å². The van der Waals surface area contributed by atoms with Gasteiger partial charge in [0.25, 0.3) is 0 Å². The van der Waals surface area contributed by atoms with Gasteiger partial charge in [0.05, 0.1) is 23.2 Å². The van der Waals surface area contributed by atoms with E-state index < -0.39 is 5.54 Å². The summed E-state index contributed by atoms with van der Waals surface area (Å²) in [5, 5.41) is 11.4. The fraction of sp³-hybridized carbons (Fsp3) is 0.467. The van der Waals surface area contributed by atoms with Crippen molar-refractivity contribution in [2.45, 2.75) is 31.6 Å². The topological polar surface area (TPSA) is 69.6 Å². The van der Waals surface area contributed by atoms with Gasteiger partial charge in [-0.2, -0.15) is 0 Å². The number of para-hydroxylation sites is 2. The summed E-state index contributed by atoms with van der Waals surface area (Å²) < 4.78 is 0. The van der Waals surface area contributed by atoms with Gasteiger partial charge in [-0.1, -0.05) is 12.1 Å². The highest BCUT2D eigenvalue weighted by atomic mass is 32.2. The van der Waals surface area contributed by atoms with Crippen LogP contribution in [-0.2, 0) is 9.59 Å². The predicted molar refractivity (Wildman–Crippen MR) is 85.6 cm³/mol. The molecule has 6 heteroatoms. The summed E-state index contributed by atoms with van der Waals surface area (Å²) in [6.45, 7) is 5.30. The number of amides is 2. The van der Waals surface area contributed by atoms with E-state index in [1.165, 1.54) is 11.8 Å². The molecule has 0 bridgehead atoms. The summed E-state index contributed by atoms with van der Waals surface area (Å²) >= 11 is 1.38. The number of nitrogens with zero attached hydrogens (tertiary/aromatic N) is 1. The van der Waals surface area contributed by atoms with Crippen LogP contribution in [-0.4, -0.2) is 40.1 Å². The maximum Gasteiger partial charge on any atom is 0.250 e. The highest BCUT2D eigenvalue weighted by Crippen LogP contribution is 2.37. The van der Waals surface area contributed by atoms with Crippen molar-refractivity contribution in [3.63, 3.8) is 0 Å². The van der Waals surface area contributed by atoms with E-state index in [-0.39, 0.29) is 23.7 Å². The second-order valence-corrected chi connectivity index (χ2v) is 6.89. The Bertz CT molecular complexity index is 560. The SMILES string of the molecule is CC(SCCO)C(=O)N1c2ccccc2NC(=O)C1(C)C. The Morgan fingerprint density at radius 1 is 1.43 bits per heavy atom. The van der Waals surface area contributed by atoms with Gasteiger partial charge in [0, 0.05) is 5.75 Å². The van der Waals surface area contributed by atoms with Crippen molar-refractivity contribution >= 4 is 35.0 Å². The number of anilines is 2. The molecule has 2 N–H and O–H groups in total. The molecule has 0 saturated carbocycles. The maximum absolute atomic E-state index is 12.8. The molecule has 0 saturated heterocycles. The molecule has 1 aliphatic rings.